The van der Waals surface area contributed by atoms with Gasteiger partial charge in [0.05, 0.1) is 19.8 Å². The Hall–Kier alpha value is -4.14. The van der Waals surface area contributed by atoms with Crippen LogP contribution in [0.1, 0.15) is 12.2 Å². The van der Waals surface area contributed by atoms with E-state index < -0.39 is 36.4 Å². The second kappa shape index (κ2) is 16.3. The normalized spacial score (nSPS) is 18.8. The van der Waals surface area contributed by atoms with Gasteiger partial charge >= 0.3 is 36.4 Å². The minimum absolute atomic E-state index is 0.194. The molecule has 0 radical (unpaired) electrons. The number of hydrogen-bond donors (Lipinski definition) is 3. The number of ether oxygens (including phenoxy) is 1. The number of carboxylic acid groups (broad SMARTS) is 3. The van der Waals surface area contributed by atoms with Crippen LogP contribution in [0, 0.1) is 5.41 Å². The second-order valence-corrected chi connectivity index (χ2v) is 9.49. The van der Waals surface area contributed by atoms with Gasteiger partial charge in [-0.2, -0.15) is 39.5 Å². The Kier molecular flexibility index (Phi) is 14.0. The van der Waals surface area contributed by atoms with Crippen LogP contribution in [-0.2, 0) is 32.7 Å². The number of carbonyl (C=O) groups is 3. The number of aromatic nitrogens is 3. The van der Waals surface area contributed by atoms with Crippen LogP contribution in [0.15, 0.2) is 36.8 Å². The topological polar surface area (TPSA) is 158 Å². The average molecular weight is 669 g/mol. The first kappa shape index (κ1) is 38.9. The zero-order valence-corrected chi connectivity index (χ0v) is 23.2. The SMILES string of the molecule is Cn1ccnc1CN1CCOCC2(CCN(c3ccccn3)C2)C1.O=C(O)C(F)(F)F.O=C(O)C(F)(F)F.O=C(O)C(F)(F)F. The van der Waals surface area contributed by atoms with Crippen molar-refractivity contribution in [3.8, 4) is 0 Å². The first-order valence-corrected chi connectivity index (χ1v) is 12.4. The van der Waals surface area contributed by atoms with Gasteiger partial charge < -0.3 is 29.5 Å². The molecule has 3 N–H and O–H groups in total. The Labute approximate surface area is 248 Å². The van der Waals surface area contributed by atoms with Crippen molar-refractivity contribution in [2.24, 2.45) is 12.5 Å². The summed E-state index contributed by atoms with van der Waals surface area (Å²) in [5.74, 6) is -6.08. The number of imidazole rings is 1. The molecule has 4 rings (SSSR count). The van der Waals surface area contributed by atoms with Crippen molar-refractivity contribution in [3.05, 3.63) is 42.6 Å². The third-order valence-electron chi connectivity index (χ3n) is 5.94. The summed E-state index contributed by atoms with van der Waals surface area (Å²) in [5.41, 5.74) is 0.194. The third-order valence-corrected chi connectivity index (χ3v) is 5.94. The van der Waals surface area contributed by atoms with Crippen molar-refractivity contribution in [1.29, 1.82) is 0 Å². The number of hydrogen-bond acceptors (Lipinski definition) is 8. The molecule has 254 valence electrons. The van der Waals surface area contributed by atoms with E-state index in [-0.39, 0.29) is 5.41 Å². The first-order chi connectivity index (χ1) is 20.6. The van der Waals surface area contributed by atoms with Gasteiger partial charge in [-0.15, -0.1) is 0 Å². The molecule has 45 heavy (non-hydrogen) atoms. The Morgan fingerprint density at radius 1 is 0.844 bits per heavy atom. The summed E-state index contributed by atoms with van der Waals surface area (Å²) in [6.07, 6.45) is -8.34. The lowest BCUT2D eigenvalue weighted by Crippen LogP contribution is -2.40. The highest BCUT2D eigenvalue weighted by molar-refractivity contribution is 5.73. The molecule has 2 aliphatic heterocycles. The summed E-state index contributed by atoms with van der Waals surface area (Å²) >= 11 is 0. The standard InChI is InChI=1S/C18H25N5O.3C2HF3O2/c1-21-9-7-20-17(21)12-22-10-11-24-15-18(13-22)5-8-23(14-18)16-4-2-3-6-19-16;3*3-2(4,5)1(6)7/h2-4,6-7,9H,5,8,10-15H2,1H3;3*(H,6,7). The predicted octanol–water partition coefficient (Wildman–Crippen LogP) is 3.44. The van der Waals surface area contributed by atoms with Gasteiger partial charge in [0.2, 0.25) is 0 Å². The summed E-state index contributed by atoms with van der Waals surface area (Å²) in [6, 6.07) is 6.13. The highest BCUT2D eigenvalue weighted by atomic mass is 19.4. The molecule has 0 bridgehead atoms. The lowest BCUT2D eigenvalue weighted by Gasteiger charge is -2.31. The van der Waals surface area contributed by atoms with E-state index >= 15 is 0 Å². The maximum absolute atomic E-state index is 10.6. The summed E-state index contributed by atoms with van der Waals surface area (Å²) < 4.78 is 103. The number of aryl methyl sites for hydroxylation is 1. The van der Waals surface area contributed by atoms with Gasteiger partial charge in [0.15, 0.2) is 0 Å². The molecule has 21 heteroatoms. The summed E-state index contributed by atoms with van der Waals surface area (Å²) in [4.78, 5) is 40.6. The van der Waals surface area contributed by atoms with E-state index in [4.69, 9.17) is 34.4 Å². The van der Waals surface area contributed by atoms with Crippen LogP contribution in [0.2, 0.25) is 0 Å². The number of aliphatic carboxylic acids is 3. The molecule has 4 heterocycles. The lowest BCUT2D eigenvalue weighted by atomic mass is 9.87. The van der Waals surface area contributed by atoms with E-state index in [1.165, 1.54) is 0 Å². The number of pyridine rings is 1. The van der Waals surface area contributed by atoms with Gasteiger partial charge in [-0.05, 0) is 18.6 Å². The number of anilines is 1. The highest BCUT2D eigenvalue weighted by Gasteiger charge is 2.42. The molecule has 0 aliphatic carbocycles. The molecule has 1 spiro atoms. The monoisotopic (exact) mass is 669 g/mol. The third kappa shape index (κ3) is 14.0. The Balaban J connectivity index is 0.000000396. The van der Waals surface area contributed by atoms with Crippen molar-refractivity contribution in [1.82, 2.24) is 19.4 Å². The van der Waals surface area contributed by atoms with E-state index in [2.05, 4.69) is 43.5 Å². The van der Waals surface area contributed by atoms with Crippen molar-refractivity contribution in [3.63, 3.8) is 0 Å². The molecule has 2 aliphatic rings. The molecule has 0 amide bonds. The Morgan fingerprint density at radius 2 is 1.38 bits per heavy atom. The smallest absolute Gasteiger partial charge is 0.475 e. The molecule has 2 saturated heterocycles. The molecule has 2 fully saturated rings. The van der Waals surface area contributed by atoms with Gasteiger partial charge in [0.1, 0.15) is 11.6 Å². The minimum atomic E-state index is -5.08. The summed E-state index contributed by atoms with van der Waals surface area (Å²) in [6.45, 7) is 6.63. The van der Waals surface area contributed by atoms with Crippen LogP contribution in [0.3, 0.4) is 0 Å². The van der Waals surface area contributed by atoms with Gasteiger partial charge in [0.25, 0.3) is 0 Å². The summed E-state index contributed by atoms with van der Waals surface area (Å²) in [7, 11) is 2.06. The predicted molar refractivity (Wildman–Crippen MR) is 134 cm³/mol. The maximum atomic E-state index is 10.6. The number of halogens is 9. The molecule has 2 aromatic heterocycles. The largest absolute Gasteiger partial charge is 0.490 e. The number of nitrogens with zero attached hydrogens (tertiary/aromatic N) is 5. The van der Waals surface area contributed by atoms with Crippen LogP contribution in [0.4, 0.5) is 45.3 Å². The van der Waals surface area contributed by atoms with E-state index in [9.17, 15) is 39.5 Å². The lowest BCUT2D eigenvalue weighted by molar-refractivity contribution is -0.193. The molecule has 0 saturated carbocycles. The van der Waals surface area contributed by atoms with Gasteiger partial charge in [-0.3, -0.25) is 4.90 Å². The van der Waals surface area contributed by atoms with E-state index in [0.29, 0.717) is 0 Å². The zero-order valence-electron chi connectivity index (χ0n) is 23.2. The highest BCUT2D eigenvalue weighted by Crippen LogP contribution is 2.35. The number of rotatable bonds is 3. The zero-order chi connectivity index (χ0) is 34.6. The van der Waals surface area contributed by atoms with Crippen LogP contribution in [0.5, 0.6) is 0 Å². The fourth-order valence-corrected chi connectivity index (χ4v) is 3.88. The molecule has 0 aromatic carbocycles. The van der Waals surface area contributed by atoms with Crippen LogP contribution in [-0.4, -0.2) is 111 Å². The minimum Gasteiger partial charge on any atom is -0.475 e. The quantitative estimate of drug-likeness (QED) is 0.411. The molecule has 12 nitrogen and oxygen atoms in total. The maximum Gasteiger partial charge on any atom is 0.490 e. The number of carboxylic acids is 3. The summed E-state index contributed by atoms with van der Waals surface area (Å²) in [5, 5.41) is 21.4. The number of alkyl halides is 9. The van der Waals surface area contributed by atoms with E-state index in [1.54, 1.807) is 0 Å². The molecule has 2 aromatic rings. The van der Waals surface area contributed by atoms with Crippen LogP contribution < -0.4 is 4.90 Å². The fraction of sp³-hybridized carbons (Fsp3) is 0.542. The fourth-order valence-electron chi connectivity index (χ4n) is 3.88. The first-order valence-electron chi connectivity index (χ1n) is 12.4. The average Bonchev–Trinajstić information content (AvgIpc) is 3.46. The van der Waals surface area contributed by atoms with Gasteiger partial charge in [-0.25, -0.2) is 24.4 Å². The Morgan fingerprint density at radius 3 is 1.80 bits per heavy atom. The molecular formula is C24H28F9N5O7. The van der Waals surface area contributed by atoms with Crippen molar-refractivity contribution >= 4 is 23.7 Å². The van der Waals surface area contributed by atoms with Gasteiger partial charge in [0, 0.05) is 57.2 Å². The van der Waals surface area contributed by atoms with Gasteiger partial charge in [-0.1, -0.05) is 6.07 Å². The molecular weight excluding hydrogens is 641 g/mol. The van der Waals surface area contributed by atoms with Crippen LogP contribution >= 0.6 is 0 Å². The van der Waals surface area contributed by atoms with Crippen LogP contribution in [0.25, 0.3) is 0 Å². The molecule has 1 atom stereocenters. The Bertz CT molecular complexity index is 1180. The second-order valence-electron chi connectivity index (χ2n) is 9.49. The van der Waals surface area contributed by atoms with Crippen molar-refractivity contribution < 1.29 is 74.0 Å². The van der Waals surface area contributed by atoms with E-state index in [1.807, 2.05) is 24.7 Å². The molecule has 1 unspecified atom stereocenters. The van der Waals surface area contributed by atoms with Crippen molar-refractivity contribution in [2.45, 2.75) is 31.5 Å². The van der Waals surface area contributed by atoms with E-state index in [0.717, 1.165) is 64.0 Å². The van der Waals surface area contributed by atoms with Crippen molar-refractivity contribution in [2.75, 3.05) is 44.3 Å².